The third-order valence-electron chi connectivity index (χ3n) is 5.23. The minimum atomic E-state index is 0.285. The number of nitrogens with zero attached hydrogens (tertiary/aromatic N) is 2. The monoisotopic (exact) mass is 522 g/mol. The van der Waals surface area contributed by atoms with Crippen molar-refractivity contribution in [2.45, 2.75) is 47.0 Å². The van der Waals surface area contributed by atoms with E-state index in [1.807, 2.05) is 19.1 Å². The summed E-state index contributed by atoms with van der Waals surface area (Å²) >= 11 is 8.75. The summed E-state index contributed by atoms with van der Waals surface area (Å²) in [5, 5.41) is 10.6. The van der Waals surface area contributed by atoms with Gasteiger partial charge in [-0.3, -0.25) is 0 Å². The average molecular weight is 524 g/mol. The first-order valence-electron chi connectivity index (χ1n) is 9.45. The Hall–Kier alpha value is -1.16. The minimum absolute atomic E-state index is 0.285. The third kappa shape index (κ3) is 4.53. The highest BCUT2D eigenvalue weighted by atomic mass is 79.9. The van der Waals surface area contributed by atoms with Crippen LogP contribution in [0.15, 0.2) is 26.1 Å². The van der Waals surface area contributed by atoms with Crippen molar-refractivity contribution in [1.29, 1.82) is 5.26 Å². The summed E-state index contributed by atoms with van der Waals surface area (Å²) in [6.07, 6.45) is 4.96. The summed E-state index contributed by atoms with van der Waals surface area (Å²) in [6.45, 7) is 9.46. The standard InChI is InChI=1S/C22H24Br2N2OS/c1-5-27-20-13(8-15(23)10-18(20)24)12-26-21-17(11-25)16-7-6-14(22(2,3)4)9-19(16)28-21/h8,10,12,14H,5-7,9H2,1-4H3/t14-/m0/s1. The first-order valence-corrected chi connectivity index (χ1v) is 11.8. The highest BCUT2D eigenvalue weighted by molar-refractivity contribution is 9.11. The predicted molar refractivity (Wildman–Crippen MR) is 124 cm³/mol. The molecule has 1 aliphatic rings. The second-order valence-corrected chi connectivity index (χ2v) is 11.0. The zero-order chi connectivity index (χ0) is 20.5. The second kappa shape index (κ2) is 8.69. The van der Waals surface area contributed by atoms with Crippen molar-refractivity contribution in [2.75, 3.05) is 6.61 Å². The van der Waals surface area contributed by atoms with E-state index in [1.165, 1.54) is 10.4 Å². The van der Waals surface area contributed by atoms with Gasteiger partial charge in [-0.25, -0.2) is 4.99 Å². The number of ether oxygens (including phenoxy) is 1. The predicted octanol–water partition coefficient (Wildman–Crippen LogP) is 7.45. The number of thiophene rings is 1. The molecule has 0 bridgehead atoms. The normalized spacial score (nSPS) is 16.8. The molecule has 0 saturated heterocycles. The van der Waals surface area contributed by atoms with Gasteiger partial charge in [-0.15, -0.1) is 11.3 Å². The Morgan fingerprint density at radius 1 is 1.36 bits per heavy atom. The number of hydrogen-bond donors (Lipinski definition) is 0. The Morgan fingerprint density at radius 3 is 2.75 bits per heavy atom. The van der Waals surface area contributed by atoms with Gasteiger partial charge in [0.1, 0.15) is 16.8 Å². The maximum absolute atomic E-state index is 9.76. The van der Waals surface area contributed by atoms with E-state index < -0.39 is 0 Å². The molecular weight excluding hydrogens is 500 g/mol. The average Bonchev–Trinajstić information content (AvgIpc) is 2.98. The molecule has 0 unspecified atom stereocenters. The lowest BCUT2D eigenvalue weighted by atomic mass is 9.72. The van der Waals surface area contributed by atoms with Crippen LogP contribution in [0.1, 0.15) is 55.7 Å². The number of benzene rings is 1. The van der Waals surface area contributed by atoms with Crippen LogP contribution in [0.25, 0.3) is 0 Å². The molecule has 3 nitrogen and oxygen atoms in total. The summed E-state index contributed by atoms with van der Waals surface area (Å²) in [6, 6.07) is 6.34. The highest BCUT2D eigenvalue weighted by Crippen LogP contribution is 2.45. The van der Waals surface area contributed by atoms with Gasteiger partial charge in [0, 0.05) is 21.1 Å². The molecule has 1 aromatic heterocycles. The quantitative estimate of drug-likeness (QED) is 0.390. The molecule has 1 aliphatic carbocycles. The second-order valence-electron chi connectivity index (χ2n) is 8.10. The number of fused-ring (bicyclic) bond motifs is 1. The first-order chi connectivity index (χ1) is 13.2. The van der Waals surface area contributed by atoms with Crippen molar-refractivity contribution in [1.82, 2.24) is 0 Å². The maximum Gasteiger partial charge on any atom is 0.142 e. The molecule has 0 amide bonds. The fourth-order valence-corrected chi connectivity index (χ4v) is 6.21. The molecule has 28 heavy (non-hydrogen) atoms. The molecule has 0 saturated carbocycles. The van der Waals surface area contributed by atoms with Crippen LogP contribution < -0.4 is 4.74 Å². The summed E-state index contributed by atoms with van der Waals surface area (Å²) < 4.78 is 7.61. The molecule has 0 radical (unpaired) electrons. The van der Waals surface area contributed by atoms with Gasteiger partial charge in [-0.2, -0.15) is 5.26 Å². The van der Waals surface area contributed by atoms with E-state index in [2.05, 4.69) is 58.7 Å². The van der Waals surface area contributed by atoms with Crippen molar-refractivity contribution in [3.05, 3.63) is 42.6 Å². The Bertz CT molecular complexity index is 951. The molecule has 3 rings (SSSR count). The van der Waals surface area contributed by atoms with Crippen LogP contribution in [0.4, 0.5) is 5.00 Å². The largest absolute Gasteiger partial charge is 0.492 e. The molecule has 2 aromatic rings. The third-order valence-corrected chi connectivity index (χ3v) is 7.44. The summed E-state index contributed by atoms with van der Waals surface area (Å²) in [4.78, 5) is 6.04. The molecule has 0 N–H and O–H groups in total. The minimum Gasteiger partial charge on any atom is -0.492 e. The van der Waals surface area contributed by atoms with E-state index in [0.717, 1.165) is 50.1 Å². The fourth-order valence-electron chi connectivity index (χ4n) is 3.62. The molecule has 1 atom stereocenters. The van der Waals surface area contributed by atoms with E-state index in [4.69, 9.17) is 9.73 Å². The lowest BCUT2D eigenvalue weighted by molar-refractivity contribution is 0.218. The number of rotatable bonds is 4. The molecule has 0 aliphatic heterocycles. The van der Waals surface area contributed by atoms with Crippen molar-refractivity contribution >= 4 is 54.4 Å². The summed E-state index contributed by atoms with van der Waals surface area (Å²) in [5.41, 5.74) is 3.12. The molecule has 1 aromatic carbocycles. The van der Waals surface area contributed by atoms with E-state index in [9.17, 15) is 5.26 Å². The molecule has 6 heteroatoms. The Morgan fingerprint density at radius 2 is 2.11 bits per heavy atom. The first kappa shape index (κ1) is 21.5. The fraction of sp³-hybridized carbons (Fsp3) is 0.455. The van der Waals surface area contributed by atoms with E-state index >= 15 is 0 Å². The van der Waals surface area contributed by atoms with E-state index in [-0.39, 0.29) is 5.41 Å². The van der Waals surface area contributed by atoms with Gasteiger partial charge in [0.15, 0.2) is 0 Å². The number of nitriles is 1. The van der Waals surface area contributed by atoms with Crippen LogP contribution in [-0.4, -0.2) is 12.8 Å². The Balaban J connectivity index is 1.97. The number of halogens is 2. The van der Waals surface area contributed by atoms with Crippen LogP contribution in [-0.2, 0) is 12.8 Å². The zero-order valence-electron chi connectivity index (χ0n) is 16.6. The van der Waals surface area contributed by atoms with Crippen molar-refractivity contribution < 1.29 is 4.74 Å². The van der Waals surface area contributed by atoms with Crippen LogP contribution in [0.5, 0.6) is 5.75 Å². The van der Waals surface area contributed by atoms with Crippen LogP contribution in [0.3, 0.4) is 0 Å². The molecule has 1 heterocycles. The van der Waals surface area contributed by atoms with Gasteiger partial charge in [0.05, 0.1) is 16.6 Å². The number of hydrogen-bond acceptors (Lipinski definition) is 4. The topological polar surface area (TPSA) is 45.4 Å². The van der Waals surface area contributed by atoms with Crippen molar-refractivity contribution in [3.63, 3.8) is 0 Å². The molecule has 0 fully saturated rings. The van der Waals surface area contributed by atoms with E-state index in [1.54, 1.807) is 17.6 Å². The zero-order valence-corrected chi connectivity index (χ0v) is 20.6. The molecule has 0 spiro atoms. The van der Waals surface area contributed by atoms with Gasteiger partial charge in [-0.05, 0) is 71.1 Å². The SMILES string of the molecule is CCOc1c(Br)cc(Br)cc1C=Nc1sc2c(c1C#N)CC[C@H](C(C)(C)C)C2. The van der Waals surface area contributed by atoms with Crippen LogP contribution in [0, 0.1) is 22.7 Å². The number of aliphatic imine (C=N–C) groups is 1. The highest BCUT2D eigenvalue weighted by Gasteiger charge is 2.32. The van der Waals surface area contributed by atoms with Crippen LogP contribution in [0.2, 0.25) is 0 Å². The van der Waals surface area contributed by atoms with Gasteiger partial charge < -0.3 is 4.74 Å². The van der Waals surface area contributed by atoms with Gasteiger partial charge in [-0.1, -0.05) is 36.7 Å². The Kier molecular flexibility index (Phi) is 6.69. The van der Waals surface area contributed by atoms with Gasteiger partial charge in [0.2, 0.25) is 0 Å². The smallest absolute Gasteiger partial charge is 0.142 e. The lowest BCUT2D eigenvalue weighted by Crippen LogP contribution is -2.26. The van der Waals surface area contributed by atoms with E-state index in [0.29, 0.717) is 12.5 Å². The van der Waals surface area contributed by atoms with Crippen LogP contribution >= 0.6 is 43.2 Å². The maximum atomic E-state index is 9.76. The summed E-state index contributed by atoms with van der Waals surface area (Å²) in [7, 11) is 0. The van der Waals surface area contributed by atoms with Crippen molar-refractivity contribution in [3.8, 4) is 11.8 Å². The van der Waals surface area contributed by atoms with Gasteiger partial charge >= 0.3 is 0 Å². The molecule has 148 valence electrons. The van der Waals surface area contributed by atoms with Crippen molar-refractivity contribution in [2.24, 2.45) is 16.3 Å². The van der Waals surface area contributed by atoms with Gasteiger partial charge in [0.25, 0.3) is 0 Å². The molecular formula is C22H24Br2N2OS. The Labute approximate surface area is 188 Å². The summed E-state index contributed by atoms with van der Waals surface area (Å²) in [5.74, 6) is 1.41. The lowest BCUT2D eigenvalue weighted by Gasteiger charge is -2.33.